The quantitative estimate of drug-likeness (QED) is 0.774. The SMILES string of the molecule is CCOC(=O)c1[nH]c(=O)c(CN)cc1C(F)F. The van der Waals surface area contributed by atoms with Crippen molar-refractivity contribution in [2.24, 2.45) is 5.73 Å². The summed E-state index contributed by atoms with van der Waals surface area (Å²) in [5.74, 6) is -0.983. The summed E-state index contributed by atoms with van der Waals surface area (Å²) < 4.78 is 30.0. The molecule has 0 aliphatic heterocycles. The largest absolute Gasteiger partial charge is 0.461 e. The first-order valence-corrected chi connectivity index (χ1v) is 4.92. The van der Waals surface area contributed by atoms with Crippen LogP contribution in [0.15, 0.2) is 10.9 Å². The van der Waals surface area contributed by atoms with Crippen molar-refractivity contribution in [3.63, 3.8) is 0 Å². The van der Waals surface area contributed by atoms with Gasteiger partial charge in [0.05, 0.1) is 6.61 Å². The van der Waals surface area contributed by atoms with E-state index in [0.717, 1.165) is 6.07 Å². The van der Waals surface area contributed by atoms with Gasteiger partial charge in [-0.25, -0.2) is 13.6 Å². The van der Waals surface area contributed by atoms with Crippen LogP contribution in [0, 0.1) is 0 Å². The highest BCUT2D eigenvalue weighted by molar-refractivity contribution is 5.89. The van der Waals surface area contributed by atoms with Crippen LogP contribution in [0.2, 0.25) is 0 Å². The molecule has 1 rings (SSSR count). The van der Waals surface area contributed by atoms with Gasteiger partial charge in [-0.05, 0) is 13.0 Å². The van der Waals surface area contributed by atoms with Gasteiger partial charge in [0.1, 0.15) is 5.69 Å². The van der Waals surface area contributed by atoms with Crippen molar-refractivity contribution in [2.45, 2.75) is 19.9 Å². The van der Waals surface area contributed by atoms with Crippen LogP contribution in [0.3, 0.4) is 0 Å². The number of H-pyrrole nitrogens is 1. The molecule has 0 amide bonds. The molecule has 7 heteroatoms. The second-order valence-corrected chi connectivity index (χ2v) is 3.18. The number of nitrogens with two attached hydrogens (primary N) is 1. The van der Waals surface area contributed by atoms with Crippen molar-refractivity contribution in [1.82, 2.24) is 4.98 Å². The number of carbonyl (C=O) groups excluding carboxylic acids is 1. The highest BCUT2D eigenvalue weighted by Crippen LogP contribution is 2.22. The maximum absolute atomic E-state index is 12.7. The molecular weight excluding hydrogens is 234 g/mol. The van der Waals surface area contributed by atoms with Gasteiger partial charge < -0.3 is 15.5 Å². The van der Waals surface area contributed by atoms with Gasteiger partial charge >= 0.3 is 5.97 Å². The fourth-order valence-electron chi connectivity index (χ4n) is 1.29. The van der Waals surface area contributed by atoms with Gasteiger partial charge in [-0.3, -0.25) is 4.79 Å². The average molecular weight is 246 g/mol. The Bertz CT molecular complexity index is 471. The van der Waals surface area contributed by atoms with Gasteiger partial charge in [0.25, 0.3) is 12.0 Å². The smallest absolute Gasteiger partial charge is 0.355 e. The number of aromatic amines is 1. The van der Waals surface area contributed by atoms with Crippen molar-refractivity contribution in [2.75, 3.05) is 6.61 Å². The minimum atomic E-state index is -2.89. The zero-order valence-electron chi connectivity index (χ0n) is 9.13. The molecule has 0 aliphatic carbocycles. The number of alkyl halides is 2. The molecule has 1 aromatic heterocycles. The fraction of sp³-hybridized carbons (Fsp3) is 0.400. The van der Waals surface area contributed by atoms with E-state index in [1.165, 1.54) is 6.92 Å². The van der Waals surface area contributed by atoms with Gasteiger partial charge in [0, 0.05) is 17.7 Å². The number of aromatic nitrogens is 1. The molecule has 0 saturated carbocycles. The molecule has 0 saturated heterocycles. The molecule has 0 bridgehead atoms. The van der Waals surface area contributed by atoms with Crippen LogP contribution >= 0.6 is 0 Å². The monoisotopic (exact) mass is 246 g/mol. The predicted molar refractivity (Wildman–Crippen MR) is 55.9 cm³/mol. The van der Waals surface area contributed by atoms with E-state index >= 15 is 0 Å². The van der Waals surface area contributed by atoms with Crippen molar-refractivity contribution >= 4 is 5.97 Å². The molecule has 0 aromatic carbocycles. The summed E-state index contributed by atoms with van der Waals surface area (Å²) in [5.41, 5.74) is 3.45. The zero-order valence-corrected chi connectivity index (χ0v) is 9.13. The molecule has 94 valence electrons. The van der Waals surface area contributed by atoms with Gasteiger partial charge in [-0.2, -0.15) is 0 Å². The van der Waals surface area contributed by atoms with Crippen LogP contribution in [-0.2, 0) is 11.3 Å². The molecule has 1 aromatic rings. The van der Waals surface area contributed by atoms with E-state index in [2.05, 4.69) is 9.72 Å². The number of ether oxygens (including phenoxy) is 1. The molecule has 0 aliphatic rings. The van der Waals surface area contributed by atoms with Crippen LogP contribution in [0.4, 0.5) is 8.78 Å². The number of pyridine rings is 1. The van der Waals surface area contributed by atoms with Crippen molar-refractivity contribution in [3.05, 3.63) is 33.2 Å². The van der Waals surface area contributed by atoms with Crippen LogP contribution in [0.1, 0.15) is 35.0 Å². The standard InChI is InChI=1S/C10H12F2N2O3/c1-2-17-10(16)7-6(8(11)12)3-5(4-13)9(15)14-7/h3,8H,2,4,13H2,1H3,(H,14,15). The van der Waals surface area contributed by atoms with Gasteiger partial charge in [-0.1, -0.05) is 0 Å². The molecule has 17 heavy (non-hydrogen) atoms. The van der Waals surface area contributed by atoms with E-state index in [4.69, 9.17) is 5.73 Å². The van der Waals surface area contributed by atoms with Crippen molar-refractivity contribution < 1.29 is 18.3 Å². The maximum atomic E-state index is 12.7. The third-order valence-corrected chi connectivity index (χ3v) is 2.08. The van der Waals surface area contributed by atoms with Crippen LogP contribution < -0.4 is 11.3 Å². The molecule has 0 spiro atoms. The molecule has 0 atom stereocenters. The van der Waals surface area contributed by atoms with E-state index in [0.29, 0.717) is 0 Å². The second-order valence-electron chi connectivity index (χ2n) is 3.18. The number of hydrogen-bond donors (Lipinski definition) is 2. The van der Waals surface area contributed by atoms with E-state index in [1.807, 2.05) is 0 Å². The predicted octanol–water partition coefficient (Wildman–Crippen LogP) is 0.948. The van der Waals surface area contributed by atoms with E-state index in [-0.39, 0.29) is 18.7 Å². The summed E-state index contributed by atoms with van der Waals surface area (Å²) in [7, 11) is 0. The number of nitrogens with one attached hydrogen (secondary N) is 1. The molecule has 1 heterocycles. The Kier molecular flexibility index (Phi) is 4.33. The first-order valence-electron chi connectivity index (χ1n) is 4.92. The number of rotatable bonds is 4. The zero-order chi connectivity index (χ0) is 13.0. The third kappa shape index (κ3) is 2.88. The van der Waals surface area contributed by atoms with Crippen molar-refractivity contribution in [1.29, 1.82) is 0 Å². The highest BCUT2D eigenvalue weighted by Gasteiger charge is 2.21. The normalized spacial score (nSPS) is 10.6. The Morgan fingerprint density at radius 1 is 1.59 bits per heavy atom. The number of halogens is 2. The minimum absolute atomic E-state index is 0.00616. The number of hydrogen-bond acceptors (Lipinski definition) is 4. The average Bonchev–Trinajstić information content (AvgIpc) is 2.28. The lowest BCUT2D eigenvalue weighted by molar-refractivity contribution is 0.0507. The third-order valence-electron chi connectivity index (χ3n) is 2.08. The van der Waals surface area contributed by atoms with E-state index in [1.54, 1.807) is 0 Å². The molecule has 5 nitrogen and oxygen atoms in total. The lowest BCUT2D eigenvalue weighted by Gasteiger charge is -2.09. The Hall–Kier alpha value is -1.76. The van der Waals surface area contributed by atoms with Crippen LogP contribution in [0.5, 0.6) is 0 Å². The summed E-state index contributed by atoms with van der Waals surface area (Å²) in [6, 6.07) is 0.926. The number of esters is 1. The summed E-state index contributed by atoms with van der Waals surface area (Å²) in [5, 5.41) is 0. The van der Waals surface area contributed by atoms with Crippen molar-refractivity contribution in [3.8, 4) is 0 Å². The van der Waals surface area contributed by atoms with E-state index < -0.39 is 29.2 Å². The molecule has 0 fully saturated rings. The Morgan fingerprint density at radius 3 is 2.71 bits per heavy atom. The van der Waals surface area contributed by atoms with Gasteiger partial charge in [0.15, 0.2) is 0 Å². The number of carbonyl (C=O) groups is 1. The summed E-state index contributed by atoms with van der Waals surface area (Å²) >= 11 is 0. The second kappa shape index (κ2) is 5.53. The Labute approximate surface area is 95.6 Å². The molecule has 3 N–H and O–H groups in total. The lowest BCUT2D eigenvalue weighted by atomic mass is 10.1. The lowest BCUT2D eigenvalue weighted by Crippen LogP contribution is -2.23. The Balaban J connectivity index is 3.33. The first kappa shape index (κ1) is 13.3. The van der Waals surface area contributed by atoms with Gasteiger partial charge in [-0.15, -0.1) is 0 Å². The first-order chi connectivity index (χ1) is 8.01. The maximum Gasteiger partial charge on any atom is 0.355 e. The minimum Gasteiger partial charge on any atom is -0.461 e. The Morgan fingerprint density at radius 2 is 2.24 bits per heavy atom. The van der Waals surface area contributed by atoms with E-state index in [9.17, 15) is 18.4 Å². The molecule has 0 radical (unpaired) electrons. The fourth-order valence-corrected chi connectivity index (χ4v) is 1.29. The summed E-state index contributed by atoms with van der Waals surface area (Å²) in [4.78, 5) is 24.8. The summed E-state index contributed by atoms with van der Waals surface area (Å²) in [6.07, 6.45) is -2.89. The molecule has 0 unspecified atom stereocenters. The topological polar surface area (TPSA) is 85.2 Å². The highest BCUT2D eigenvalue weighted by atomic mass is 19.3. The van der Waals surface area contributed by atoms with Crippen LogP contribution in [0.25, 0.3) is 0 Å². The molecular formula is C10H12F2N2O3. The van der Waals surface area contributed by atoms with Gasteiger partial charge in [0.2, 0.25) is 0 Å². The van der Waals surface area contributed by atoms with Crippen LogP contribution in [-0.4, -0.2) is 17.6 Å². The summed E-state index contributed by atoms with van der Waals surface area (Å²) in [6.45, 7) is 1.38.